The lowest BCUT2D eigenvalue weighted by atomic mass is 10.1. The summed E-state index contributed by atoms with van der Waals surface area (Å²) in [5, 5.41) is 3.36. The lowest BCUT2D eigenvalue weighted by molar-refractivity contribution is 0.398. The van der Waals surface area contributed by atoms with Gasteiger partial charge in [-0.05, 0) is 51.9 Å². The standard InChI is InChI=1S/C14H18BrN3/c1-14(2,16-3)13-17-11-8-9(15)4-7-12(11)18(13)10-5-6-10/h4,7-8,10,16H,5-6H2,1-3H3. The van der Waals surface area contributed by atoms with E-state index in [9.17, 15) is 0 Å². The Kier molecular flexibility index (Phi) is 2.75. The van der Waals surface area contributed by atoms with Gasteiger partial charge in [-0.1, -0.05) is 15.9 Å². The summed E-state index contributed by atoms with van der Waals surface area (Å²) >= 11 is 3.52. The summed E-state index contributed by atoms with van der Waals surface area (Å²) in [4.78, 5) is 4.85. The minimum Gasteiger partial charge on any atom is -0.323 e. The van der Waals surface area contributed by atoms with Gasteiger partial charge >= 0.3 is 0 Å². The van der Waals surface area contributed by atoms with E-state index in [2.05, 4.69) is 57.9 Å². The highest BCUT2D eigenvalue weighted by Gasteiger charge is 2.33. The summed E-state index contributed by atoms with van der Waals surface area (Å²) in [5.74, 6) is 1.14. The van der Waals surface area contributed by atoms with Crippen LogP contribution in [-0.2, 0) is 5.54 Å². The molecule has 0 unspecified atom stereocenters. The number of hydrogen-bond acceptors (Lipinski definition) is 2. The second kappa shape index (κ2) is 4.07. The minimum atomic E-state index is -0.103. The number of rotatable bonds is 3. The molecule has 0 aliphatic heterocycles. The summed E-state index contributed by atoms with van der Waals surface area (Å²) in [6.07, 6.45) is 2.54. The highest BCUT2D eigenvalue weighted by Crippen LogP contribution is 2.41. The van der Waals surface area contributed by atoms with Crippen molar-refractivity contribution in [2.45, 2.75) is 38.3 Å². The molecule has 18 heavy (non-hydrogen) atoms. The Balaban J connectivity index is 2.27. The van der Waals surface area contributed by atoms with Gasteiger partial charge in [0.1, 0.15) is 5.82 Å². The molecule has 0 bridgehead atoms. The highest BCUT2D eigenvalue weighted by molar-refractivity contribution is 9.10. The van der Waals surface area contributed by atoms with Crippen molar-refractivity contribution in [2.75, 3.05) is 7.05 Å². The summed E-state index contributed by atoms with van der Waals surface area (Å²) < 4.78 is 3.50. The van der Waals surface area contributed by atoms with Crippen molar-refractivity contribution in [1.82, 2.24) is 14.9 Å². The van der Waals surface area contributed by atoms with E-state index in [-0.39, 0.29) is 5.54 Å². The molecule has 3 rings (SSSR count). The fourth-order valence-corrected chi connectivity index (χ4v) is 2.68. The van der Waals surface area contributed by atoms with Crippen LogP contribution in [0.5, 0.6) is 0 Å². The minimum absolute atomic E-state index is 0.103. The monoisotopic (exact) mass is 307 g/mol. The predicted octanol–water partition coefficient (Wildman–Crippen LogP) is 3.59. The van der Waals surface area contributed by atoms with E-state index in [4.69, 9.17) is 4.98 Å². The van der Waals surface area contributed by atoms with Crippen LogP contribution in [0.1, 0.15) is 38.6 Å². The molecule has 1 aliphatic rings. The number of hydrogen-bond donors (Lipinski definition) is 1. The fourth-order valence-electron chi connectivity index (χ4n) is 2.33. The van der Waals surface area contributed by atoms with E-state index in [1.807, 2.05) is 7.05 Å². The molecule has 1 aromatic heterocycles. The average Bonchev–Trinajstić information content (AvgIpc) is 3.09. The van der Waals surface area contributed by atoms with Crippen LogP contribution in [0, 0.1) is 0 Å². The van der Waals surface area contributed by atoms with Gasteiger partial charge in [-0.2, -0.15) is 0 Å². The van der Waals surface area contributed by atoms with Crippen molar-refractivity contribution in [1.29, 1.82) is 0 Å². The molecule has 0 radical (unpaired) electrons. The Morgan fingerprint density at radius 3 is 2.72 bits per heavy atom. The van der Waals surface area contributed by atoms with E-state index >= 15 is 0 Å². The predicted molar refractivity (Wildman–Crippen MR) is 77.8 cm³/mol. The van der Waals surface area contributed by atoms with Crippen LogP contribution in [0.2, 0.25) is 0 Å². The molecular weight excluding hydrogens is 290 g/mol. The Morgan fingerprint density at radius 1 is 1.39 bits per heavy atom. The third-order valence-electron chi connectivity index (χ3n) is 3.75. The van der Waals surface area contributed by atoms with Crippen LogP contribution in [0.4, 0.5) is 0 Å². The van der Waals surface area contributed by atoms with Crippen molar-refractivity contribution >= 4 is 27.0 Å². The zero-order chi connectivity index (χ0) is 12.9. The van der Waals surface area contributed by atoms with Gasteiger partial charge in [-0.3, -0.25) is 0 Å². The van der Waals surface area contributed by atoms with Gasteiger partial charge in [0.25, 0.3) is 0 Å². The third-order valence-corrected chi connectivity index (χ3v) is 4.24. The number of aromatic nitrogens is 2. The van der Waals surface area contributed by atoms with E-state index in [0.29, 0.717) is 6.04 Å². The molecular formula is C14H18BrN3. The number of nitrogens with one attached hydrogen (secondary N) is 1. The molecule has 1 fully saturated rings. The Bertz CT molecular complexity index is 596. The quantitative estimate of drug-likeness (QED) is 0.939. The van der Waals surface area contributed by atoms with E-state index in [0.717, 1.165) is 15.8 Å². The van der Waals surface area contributed by atoms with Gasteiger partial charge in [-0.25, -0.2) is 4.98 Å². The molecule has 1 aromatic carbocycles. The largest absolute Gasteiger partial charge is 0.323 e. The average molecular weight is 308 g/mol. The van der Waals surface area contributed by atoms with Crippen LogP contribution < -0.4 is 5.32 Å². The Hall–Kier alpha value is -0.870. The van der Waals surface area contributed by atoms with Crippen LogP contribution >= 0.6 is 15.9 Å². The van der Waals surface area contributed by atoms with Crippen molar-refractivity contribution in [3.05, 3.63) is 28.5 Å². The van der Waals surface area contributed by atoms with Crippen molar-refractivity contribution in [3.63, 3.8) is 0 Å². The molecule has 0 saturated heterocycles. The van der Waals surface area contributed by atoms with E-state index < -0.39 is 0 Å². The molecule has 0 atom stereocenters. The first-order chi connectivity index (χ1) is 8.53. The van der Waals surface area contributed by atoms with Crippen LogP contribution in [-0.4, -0.2) is 16.6 Å². The lowest BCUT2D eigenvalue weighted by Gasteiger charge is -2.24. The third kappa shape index (κ3) is 1.88. The Labute approximate surface area is 116 Å². The summed E-state index contributed by atoms with van der Waals surface area (Å²) in [7, 11) is 1.99. The molecule has 4 heteroatoms. The zero-order valence-electron chi connectivity index (χ0n) is 11.0. The van der Waals surface area contributed by atoms with Crippen LogP contribution in [0.3, 0.4) is 0 Å². The number of imidazole rings is 1. The Morgan fingerprint density at radius 2 is 2.11 bits per heavy atom. The van der Waals surface area contributed by atoms with Crippen molar-refractivity contribution in [2.24, 2.45) is 0 Å². The first kappa shape index (κ1) is 12.2. The maximum atomic E-state index is 4.85. The number of nitrogens with zero attached hydrogens (tertiary/aromatic N) is 2. The maximum Gasteiger partial charge on any atom is 0.129 e. The molecule has 0 spiro atoms. The topological polar surface area (TPSA) is 29.9 Å². The van der Waals surface area contributed by atoms with Gasteiger partial charge in [0.05, 0.1) is 16.6 Å². The molecule has 2 aromatic rings. The molecule has 1 saturated carbocycles. The van der Waals surface area contributed by atoms with Gasteiger partial charge in [-0.15, -0.1) is 0 Å². The first-order valence-corrected chi connectivity index (χ1v) is 7.19. The van der Waals surface area contributed by atoms with E-state index in [1.54, 1.807) is 0 Å². The summed E-state index contributed by atoms with van der Waals surface area (Å²) in [5.41, 5.74) is 2.22. The molecule has 96 valence electrons. The first-order valence-electron chi connectivity index (χ1n) is 6.40. The van der Waals surface area contributed by atoms with Crippen LogP contribution in [0.25, 0.3) is 11.0 Å². The summed E-state index contributed by atoms with van der Waals surface area (Å²) in [6.45, 7) is 4.37. The molecule has 3 nitrogen and oxygen atoms in total. The molecule has 1 N–H and O–H groups in total. The van der Waals surface area contributed by atoms with Crippen molar-refractivity contribution in [3.8, 4) is 0 Å². The van der Waals surface area contributed by atoms with Gasteiger partial charge in [0, 0.05) is 10.5 Å². The van der Waals surface area contributed by atoms with E-state index in [1.165, 1.54) is 18.4 Å². The molecule has 1 aliphatic carbocycles. The number of halogens is 1. The van der Waals surface area contributed by atoms with Gasteiger partial charge < -0.3 is 9.88 Å². The smallest absolute Gasteiger partial charge is 0.129 e. The van der Waals surface area contributed by atoms with Crippen LogP contribution in [0.15, 0.2) is 22.7 Å². The van der Waals surface area contributed by atoms with Crippen molar-refractivity contribution < 1.29 is 0 Å². The second-order valence-electron chi connectivity index (χ2n) is 5.54. The SMILES string of the molecule is CNC(C)(C)c1nc2cc(Br)ccc2n1C1CC1. The van der Waals surface area contributed by atoms with Gasteiger partial charge in [0.15, 0.2) is 0 Å². The number of benzene rings is 1. The highest BCUT2D eigenvalue weighted by atomic mass is 79.9. The second-order valence-corrected chi connectivity index (χ2v) is 6.46. The fraction of sp³-hybridized carbons (Fsp3) is 0.500. The lowest BCUT2D eigenvalue weighted by Crippen LogP contribution is -2.36. The molecule has 1 heterocycles. The summed E-state index contributed by atoms with van der Waals surface area (Å²) in [6, 6.07) is 7.00. The van der Waals surface area contributed by atoms with Gasteiger partial charge in [0.2, 0.25) is 0 Å². The molecule has 0 amide bonds. The normalized spacial score (nSPS) is 16.4. The maximum absolute atomic E-state index is 4.85. The zero-order valence-corrected chi connectivity index (χ0v) is 12.6. The number of fused-ring (bicyclic) bond motifs is 1.